The molecule has 2 N–H and O–H groups in total. The molecule has 7 nitrogen and oxygen atoms in total. The highest BCUT2D eigenvalue weighted by Gasteiger charge is 2.38. The molecule has 1 aliphatic heterocycles. The van der Waals surface area contributed by atoms with E-state index >= 15 is 0 Å². The molecule has 0 atom stereocenters. The van der Waals surface area contributed by atoms with Gasteiger partial charge in [0.2, 0.25) is 0 Å². The van der Waals surface area contributed by atoms with Crippen LogP contribution in [0.3, 0.4) is 0 Å². The van der Waals surface area contributed by atoms with Gasteiger partial charge in [0.15, 0.2) is 6.61 Å². The van der Waals surface area contributed by atoms with Gasteiger partial charge in [-0.1, -0.05) is 25.3 Å². The van der Waals surface area contributed by atoms with Gasteiger partial charge in [0.1, 0.15) is 11.3 Å². The third kappa shape index (κ3) is 5.02. The molecule has 1 amide bonds. The molecule has 1 aliphatic carbocycles. The second-order valence-corrected chi connectivity index (χ2v) is 7.76. The minimum atomic E-state index is -0.701. The van der Waals surface area contributed by atoms with Gasteiger partial charge in [0, 0.05) is 25.2 Å². The monoisotopic (exact) mass is 390 g/mol. The zero-order valence-corrected chi connectivity index (χ0v) is 16.5. The molecule has 0 spiro atoms. The van der Waals surface area contributed by atoms with Crippen LogP contribution in [0.2, 0.25) is 0 Å². The van der Waals surface area contributed by atoms with Crippen LogP contribution in [0.15, 0.2) is 18.2 Å². The first-order valence-electron chi connectivity index (χ1n) is 10.1. The van der Waals surface area contributed by atoms with Crippen molar-refractivity contribution >= 4 is 11.9 Å². The quantitative estimate of drug-likeness (QED) is 0.723. The third-order valence-corrected chi connectivity index (χ3v) is 5.79. The number of phenolic OH excluding ortho intramolecular Hbond substituents is 1. The molecule has 1 aromatic rings. The van der Waals surface area contributed by atoms with Crippen molar-refractivity contribution in [2.24, 2.45) is 0 Å². The first-order chi connectivity index (χ1) is 13.5. The summed E-state index contributed by atoms with van der Waals surface area (Å²) in [4.78, 5) is 26.9. The van der Waals surface area contributed by atoms with E-state index in [1.165, 1.54) is 18.6 Å². The number of carbonyl (C=O) groups excluding carboxylic acids is 2. The van der Waals surface area contributed by atoms with Crippen LogP contribution in [0.4, 0.5) is 0 Å². The van der Waals surface area contributed by atoms with E-state index < -0.39 is 5.97 Å². The third-order valence-electron chi connectivity index (χ3n) is 5.79. The highest BCUT2D eigenvalue weighted by atomic mass is 16.5. The standard InChI is InChI=1S/C21H30N2O5/c1-16-5-6-17(18(24)13-16)20(26)28-14-19(25)22-15-21(7-3-2-4-8-21)23-9-11-27-12-10-23/h5-6,13,24H,2-4,7-12,14-15H2,1H3,(H,22,25). The minimum absolute atomic E-state index is 0.0308. The number of nitrogens with zero attached hydrogens (tertiary/aromatic N) is 1. The van der Waals surface area contributed by atoms with Crippen LogP contribution in [0, 0.1) is 6.92 Å². The number of ether oxygens (including phenoxy) is 2. The molecule has 154 valence electrons. The van der Waals surface area contributed by atoms with Crippen LogP contribution in [-0.2, 0) is 14.3 Å². The maximum Gasteiger partial charge on any atom is 0.342 e. The first-order valence-corrected chi connectivity index (χ1v) is 10.1. The van der Waals surface area contributed by atoms with Crippen molar-refractivity contribution in [3.05, 3.63) is 29.3 Å². The van der Waals surface area contributed by atoms with E-state index in [0.29, 0.717) is 6.54 Å². The van der Waals surface area contributed by atoms with E-state index in [9.17, 15) is 14.7 Å². The first kappa shape index (κ1) is 20.6. The number of hydrogen-bond donors (Lipinski definition) is 2. The summed E-state index contributed by atoms with van der Waals surface area (Å²) in [5, 5.41) is 12.8. The summed E-state index contributed by atoms with van der Waals surface area (Å²) in [6.45, 7) is 5.25. The Morgan fingerprint density at radius 2 is 1.93 bits per heavy atom. The lowest BCUT2D eigenvalue weighted by atomic mass is 9.79. The Kier molecular flexibility index (Phi) is 6.91. The van der Waals surface area contributed by atoms with Crippen LogP contribution < -0.4 is 5.32 Å². The van der Waals surface area contributed by atoms with Crippen LogP contribution >= 0.6 is 0 Å². The summed E-state index contributed by atoms with van der Waals surface area (Å²) < 4.78 is 10.6. The second kappa shape index (κ2) is 9.39. The normalized spacial score (nSPS) is 19.8. The summed E-state index contributed by atoms with van der Waals surface area (Å²) in [7, 11) is 0. The molecule has 2 fully saturated rings. The van der Waals surface area contributed by atoms with E-state index in [2.05, 4.69) is 10.2 Å². The van der Waals surface area contributed by atoms with E-state index in [1.807, 2.05) is 6.92 Å². The molecular formula is C21H30N2O5. The molecule has 0 radical (unpaired) electrons. The largest absolute Gasteiger partial charge is 0.507 e. The van der Waals surface area contributed by atoms with E-state index in [4.69, 9.17) is 9.47 Å². The number of benzene rings is 1. The zero-order chi connectivity index (χ0) is 20.0. The van der Waals surface area contributed by atoms with Gasteiger partial charge < -0.3 is 19.9 Å². The molecule has 28 heavy (non-hydrogen) atoms. The molecule has 0 bridgehead atoms. The number of esters is 1. The van der Waals surface area contributed by atoms with E-state index in [-0.39, 0.29) is 29.4 Å². The van der Waals surface area contributed by atoms with Crippen molar-refractivity contribution in [1.82, 2.24) is 10.2 Å². The van der Waals surface area contributed by atoms with Crippen LogP contribution in [0.5, 0.6) is 5.75 Å². The van der Waals surface area contributed by atoms with Gasteiger partial charge in [-0.2, -0.15) is 0 Å². The lowest BCUT2D eigenvalue weighted by molar-refractivity contribution is -0.125. The fourth-order valence-corrected chi connectivity index (χ4v) is 4.19. The topological polar surface area (TPSA) is 88.1 Å². The highest BCUT2D eigenvalue weighted by Crippen LogP contribution is 2.33. The lowest BCUT2D eigenvalue weighted by Gasteiger charge is -2.48. The fourth-order valence-electron chi connectivity index (χ4n) is 4.19. The highest BCUT2D eigenvalue weighted by molar-refractivity contribution is 5.93. The van der Waals surface area contributed by atoms with Crippen LogP contribution in [-0.4, -0.2) is 66.9 Å². The molecule has 1 heterocycles. The van der Waals surface area contributed by atoms with Gasteiger partial charge in [-0.3, -0.25) is 9.69 Å². The van der Waals surface area contributed by atoms with E-state index in [0.717, 1.165) is 57.6 Å². The molecule has 3 rings (SSSR count). The van der Waals surface area contributed by atoms with Crippen molar-refractivity contribution < 1.29 is 24.2 Å². The van der Waals surface area contributed by atoms with Gasteiger partial charge >= 0.3 is 5.97 Å². The maximum absolute atomic E-state index is 12.3. The summed E-state index contributed by atoms with van der Waals surface area (Å²) in [5.41, 5.74) is 0.875. The number of amides is 1. The average molecular weight is 390 g/mol. The molecule has 0 unspecified atom stereocenters. The molecule has 1 aromatic carbocycles. The summed E-state index contributed by atoms with van der Waals surface area (Å²) >= 11 is 0. The van der Waals surface area contributed by atoms with Gasteiger partial charge in [0.25, 0.3) is 5.91 Å². The summed E-state index contributed by atoms with van der Waals surface area (Å²) in [6.07, 6.45) is 5.68. The maximum atomic E-state index is 12.3. The molecule has 7 heteroatoms. The predicted octanol–water partition coefficient (Wildman–Crippen LogP) is 2.01. The smallest absolute Gasteiger partial charge is 0.342 e. The number of hydrogen-bond acceptors (Lipinski definition) is 6. The molecule has 2 aliphatic rings. The van der Waals surface area contributed by atoms with Gasteiger partial charge in [-0.25, -0.2) is 4.79 Å². The Labute approximate surface area is 166 Å². The number of nitrogens with one attached hydrogen (secondary N) is 1. The molecule has 1 saturated carbocycles. The van der Waals surface area contributed by atoms with Gasteiger partial charge in [-0.15, -0.1) is 0 Å². The van der Waals surface area contributed by atoms with Gasteiger partial charge in [-0.05, 0) is 37.5 Å². The SMILES string of the molecule is Cc1ccc(C(=O)OCC(=O)NCC2(N3CCOCC3)CCCCC2)c(O)c1. The van der Waals surface area contributed by atoms with Crippen molar-refractivity contribution in [2.75, 3.05) is 39.5 Å². The number of rotatable bonds is 6. The van der Waals surface area contributed by atoms with Crippen molar-refractivity contribution in [3.63, 3.8) is 0 Å². The number of phenols is 1. The number of aromatic hydroxyl groups is 1. The second-order valence-electron chi connectivity index (χ2n) is 7.76. The lowest BCUT2D eigenvalue weighted by Crippen LogP contribution is -2.59. The van der Waals surface area contributed by atoms with Crippen molar-refractivity contribution in [1.29, 1.82) is 0 Å². The Bertz CT molecular complexity index is 694. The number of carbonyl (C=O) groups is 2. The Balaban J connectivity index is 1.52. The summed E-state index contributed by atoms with van der Waals surface area (Å²) in [5.74, 6) is -1.16. The zero-order valence-electron chi connectivity index (χ0n) is 16.5. The summed E-state index contributed by atoms with van der Waals surface area (Å²) in [6, 6.07) is 4.71. The van der Waals surface area contributed by atoms with Gasteiger partial charge in [0.05, 0.1) is 13.2 Å². The Morgan fingerprint density at radius 3 is 2.61 bits per heavy atom. The Morgan fingerprint density at radius 1 is 1.21 bits per heavy atom. The van der Waals surface area contributed by atoms with Crippen LogP contribution in [0.1, 0.15) is 48.0 Å². The van der Waals surface area contributed by atoms with E-state index in [1.54, 1.807) is 6.07 Å². The number of morpholine rings is 1. The average Bonchev–Trinajstić information content (AvgIpc) is 2.72. The molecule has 1 saturated heterocycles. The Hall–Kier alpha value is -2.12. The fraction of sp³-hybridized carbons (Fsp3) is 0.619. The van der Waals surface area contributed by atoms with Crippen molar-refractivity contribution in [3.8, 4) is 5.75 Å². The predicted molar refractivity (Wildman–Crippen MR) is 104 cm³/mol. The molecular weight excluding hydrogens is 360 g/mol. The van der Waals surface area contributed by atoms with Crippen molar-refractivity contribution in [2.45, 2.75) is 44.6 Å². The minimum Gasteiger partial charge on any atom is -0.507 e. The molecule has 0 aromatic heterocycles. The number of aryl methyl sites for hydroxylation is 1. The van der Waals surface area contributed by atoms with Crippen LogP contribution in [0.25, 0.3) is 0 Å².